The summed E-state index contributed by atoms with van der Waals surface area (Å²) >= 11 is 0. The first-order valence-corrected chi connectivity index (χ1v) is 5.77. The van der Waals surface area contributed by atoms with Crippen LogP contribution in [0.2, 0.25) is 0 Å². The molecule has 0 aromatic heterocycles. The Morgan fingerprint density at radius 1 is 1.06 bits per heavy atom. The summed E-state index contributed by atoms with van der Waals surface area (Å²) in [6.45, 7) is 3.45. The first-order valence-electron chi connectivity index (χ1n) is 5.77. The van der Waals surface area contributed by atoms with E-state index in [-0.39, 0.29) is 12.4 Å². The topological polar surface area (TPSA) is 21.7 Å². The molecule has 1 saturated heterocycles. The Labute approximate surface area is 109 Å². The highest BCUT2D eigenvalue weighted by molar-refractivity contribution is 5.85. The molecule has 1 aliphatic rings. The van der Waals surface area contributed by atoms with E-state index >= 15 is 0 Å². The Balaban J connectivity index is 0.00000144. The standard InChI is InChI=1S/C13H19NO2.ClH/c1-15-12-6-5-11(9-13(12)16-2)10-14-7-3-4-8-14;/h5-6,9H,3-4,7-8,10H2,1-2H3;1H. The quantitative estimate of drug-likeness (QED) is 0.828. The Bertz CT molecular complexity index is 351. The van der Waals surface area contributed by atoms with E-state index < -0.39 is 0 Å². The number of methoxy groups -OCH3 is 2. The lowest BCUT2D eigenvalue weighted by atomic mass is 10.2. The highest BCUT2D eigenvalue weighted by atomic mass is 35.5. The number of ether oxygens (including phenoxy) is 2. The van der Waals surface area contributed by atoms with Crippen LogP contribution in [0.15, 0.2) is 18.2 Å². The van der Waals surface area contributed by atoms with Gasteiger partial charge in [-0.1, -0.05) is 6.07 Å². The van der Waals surface area contributed by atoms with Crippen molar-refractivity contribution in [2.24, 2.45) is 0 Å². The van der Waals surface area contributed by atoms with Gasteiger partial charge in [0.05, 0.1) is 14.2 Å². The van der Waals surface area contributed by atoms with Crippen LogP contribution in [0.25, 0.3) is 0 Å². The lowest BCUT2D eigenvalue weighted by Crippen LogP contribution is -2.18. The predicted octanol–water partition coefficient (Wildman–Crippen LogP) is 2.72. The van der Waals surface area contributed by atoms with E-state index in [0.717, 1.165) is 18.0 Å². The maximum Gasteiger partial charge on any atom is 0.161 e. The molecule has 0 saturated carbocycles. The first kappa shape index (κ1) is 14.1. The smallest absolute Gasteiger partial charge is 0.161 e. The third-order valence-corrected chi connectivity index (χ3v) is 3.05. The Morgan fingerprint density at radius 3 is 2.29 bits per heavy atom. The second kappa shape index (κ2) is 6.72. The van der Waals surface area contributed by atoms with Crippen molar-refractivity contribution in [3.8, 4) is 11.5 Å². The molecular formula is C13H20ClNO2. The summed E-state index contributed by atoms with van der Waals surface area (Å²) in [5.74, 6) is 1.62. The average molecular weight is 258 g/mol. The minimum Gasteiger partial charge on any atom is -0.493 e. The number of hydrogen-bond acceptors (Lipinski definition) is 3. The predicted molar refractivity (Wildman–Crippen MR) is 71.3 cm³/mol. The zero-order chi connectivity index (χ0) is 11.4. The van der Waals surface area contributed by atoms with Crippen LogP contribution in [0, 0.1) is 0 Å². The Kier molecular flexibility index (Phi) is 5.59. The molecular weight excluding hydrogens is 238 g/mol. The highest BCUT2D eigenvalue weighted by Crippen LogP contribution is 2.28. The van der Waals surface area contributed by atoms with Gasteiger partial charge >= 0.3 is 0 Å². The SMILES string of the molecule is COc1ccc(CN2CCCC2)cc1OC.Cl. The number of likely N-dealkylation sites (tertiary alicyclic amines) is 1. The summed E-state index contributed by atoms with van der Waals surface area (Å²) in [4.78, 5) is 2.47. The molecule has 1 aromatic carbocycles. The van der Waals surface area contributed by atoms with Crippen LogP contribution in [0.1, 0.15) is 18.4 Å². The van der Waals surface area contributed by atoms with Gasteiger partial charge in [0.2, 0.25) is 0 Å². The summed E-state index contributed by atoms with van der Waals surface area (Å²) in [5.41, 5.74) is 1.29. The molecule has 1 aliphatic heterocycles. The van der Waals surface area contributed by atoms with Gasteiger partial charge in [-0.05, 0) is 43.6 Å². The van der Waals surface area contributed by atoms with Crippen LogP contribution < -0.4 is 9.47 Å². The van der Waals surface area contributed by atoms with Gasteiger partial charge < -0.3 is 9.47 Å². The van der Waals surface area contributed by atoms with Crippen LogP contribution in [-0.4, -0.2) is 32.2 Å². The molecule has 0 aliphatic carbocycles. The average Bonchev–Trinajstić information content (AvgIpc) is 2.81. The molecule has 1 heterocycles. The second-order valence-electron chi connectivity index (χ2n) is 4.17. The van der Waals surface area contributed by atoms with Crippen molar-refractivity contribution in [2.75, 3.05) is 27.3 Å². The van der Waals surface area contributed by atoms with Gasteiger partial charge in [0.25, 0.3) is 0 Å². The molecule has 0 amide bonds. The molecule has 3 nitrogen and oxygen atoms in total. The molecule has 1 aromatic rings. The van der Waals surface area contributed by atoms with Crippen LogP contribution in [0.3, 0.4) is 0 Å². The molecule has 17 heavy (non-hydrogen) atoms. The highest BCUT2D eigenvalue weighted by Gasteiger charge is 2.12. The number of rotatable bonds is 4. The third-order valence-electron chi connectivity index (χ3n) is 3.05. The molecule has 0 N–H and O–H groups in total. The molecule has 4 heteroatoms. The van der Waals surface area contributed by atoms with Crippen molar-refractivity contribution in [2.45, 2.75) is 19.4 Å². The van der Waals surface area contributed by atoms with Gasteiger partial charge in [-0.15, -0.1) is 12.4 Å². The molecule has 0 unspecified atom stereocenters. The van der Waals surface area contributed by atoms with Crippen molar-refractivity contribution >= 4 is 12.4 Å². The summed E-state index contributed by atoms with van der Waals surface area (Å²) in [6, 6.07) is 6.15. The van der Waals surface area contributed by atoms with Crippen LogP contribution in [0.5, 0.6) is 11.5 Å². The molecule has 96 valence electrons. The molecule has 0 atom stereocenters. The summed E-state index contributed by atoms with van der Waals surface area (Å²) < 4.78 is 10.5. The fourth-order valence-electron chi connectivity index (χ4n) is 2.18. The van der Waals surface area contributed by atoms with Crippen LogP contribution in [0.4, 0.5) is 0 Å². The van der Waals surface area contributed by atoms with Crippen molar-refractivity contribution in [1.29, 1.82) is 0 Å². The van der Waals surface area contributed by atoms with E-state index in [0.29, 0.717) is 0 Å². The van der Waals surface area contributed by atoms with Gasteiger partial charge in [0.15, 0.2) is 11.5 Å². The van der Waals surface area contributed by atoms with E-state index in [2.05, 4.69) is 17.0 Å². The lowest BCUT2D eigenvalue weighted by Gasteiger charge is -2.16. The monoisotopic (exact) mass is 257 g/mol. The third kappa shape index (κ3) is 3.51. The van der Waals surface area contributed by atoms with Gasteiger partial charge in [-0.3, -0.25) is 4.90 Å². The normalized spacial score (nSPS) is 15.4. The molecule has 0 radical (unpaired) electrons. The number of benzene rings is 1. The Morgan fingerprint density at radius 2 is 1.71 bits per heavy atom. The van der Waals surface area contributed by atoms with Crippen molar-refractivity contribution in [3.63, 3.8) is 0 Å². The number of halogens is 1. The number of hydrogen-bond donors (Lipinski definition) is 0. The van der Waals surface area contributed by atoms with E-state index in [1.54, 1.807) is 14.2 Å². The van der Waals surface area contributed by atoms with E-state index in [1.165, 1.54) is 31.5 Å². The number of nitrogens with zero attached hydrogens (tertiary/aromatic N) is 1. The van der Waals surface area contributed by atoms with Gasteiger partial charge in [-0.2, -0.15) is 0 Å². The first-order chi connectivity index (χ1) is 7.83. The molecule has 0 bridgehead atoms. The summed E-state index contributed by atoms with van der Waals surface area (Å²) in [7, 11) is 3.34. The molecule has 2 rings (SSSR count). The summed E-state index contributed by atoms with van der Waals surface area (Å²) in [6.07, 6.45) is 2.65. The second-order valence-corrected chi connectivity index (χ2v) is 4.17. The Hall–Kier alpha value is -0.930. The van der Waals surface area contributed by atoms with Crippen molar-refractivity contribution < 1.29 is 9.47 Å². The fraction of sp³-hybridized carbons (Fsp3) is 0.538. The maximum absolute atomic E-state index is 5.30. The molecule has 1 fully saturated rings. The minimum absolute atomic E-state index is 0. The van der Waals surface area contributed by atoms with Gasteiger partial charge in [0, 0.05) is 6.54 Å². The lowest BCUT2D eigenvalue weighted by molar-refractivity contribution is 0.327. The maximum atomic E-state index is 5.30. The van der Waals surface area contributed by atoms with Gasteiger partial charge in [0.1, 0.15) is 0 Å². The van der Waals surface area contributed by atoms with Crippen LogP contribution in [-0.2, 0) is 6.54 Å². The van der Waals surface area contributed by atoms with Gasteiger partial charge in [-0.25, -0.2) is 0 Å². The van der Waals surface area contributed by atoms with Crippen molar-refractivity contribution in [1.82, 2.24) is 4.90 Å². The minimum atomic E-state index is 0. The summed E-state index contributed by atoms with van der Waals surface area (Å²) in [5, 5.41) is 0. The fourth-order valence-corrected chi connectivity index (χ4v) is 2.18. The van der Waals surface area contributed by atoms with Crippen LogP contribution >= 0.6 is 12.4 Å². The van der Waals surface area contributed by atoms with E-state index in [1.807, 2.05) is 6.07 Å². The van der Waals surface area contributed by atoms with E-state index in [9.17, 15) is 0 Å². The largest absolute Gasteiger partial charge is 0.493 e. The zero-order valence-corrected chi connectivity index (χ0v) is 11.3. The zero-order valence-electron chi connectivity index (χ0n) is 10.4. The molecule has 0 spiro atoms. The van der Waals surface area contributed by atoms with Crippen molar-refractivity contribution in [3.05, 3.63) is 23.8 Å². The van der Waals surface area contributed by atoms with E-state index in [4.69, 9.17) is 9.47 Å².